The molecule has 14 heavy (non-hydrogen) atoms. The topological polar surface area (TPSA) is 37.3 Å². The first-order chi connectivity index (χ1) is 6.61. The fraction of sp³-hybridized carbons (Fsp3) is 0. The normalized spacial score (nSPS) is 10.7. The lowest BCUT2D eigenvalue weighted by atomic mass is 10.2. The Morgan fingerprint density at radius 3 is 2.86 bits per heavy atom. The van der Waals surface area contributed by atoms with E-state index in [0.717, 1.165) is 18.6 Å². The molecule has 0 radical (unpaired) electrons. The van der Waals surface area contributed by atoms with Crippen LogP contribution in [0.5, 0.6) is 0 Å². The SMILES string of the molecule is O=C(O)c1csc2ccc(I)c(S)c12. The summed E-state index contributed by atoms with van der Waals surface area (Å²) in [6.45, 7) is 0. The maximum Gasteiger partial charge on any atom is 0.337 e. The van der Waals surface area contributed by atoms with Crippen molar-refractivity contribution in [1.29, 1.82) is 0 Å². The minimum absolute atomic E-state index is 0.341. The van der Waals surface area contributed by atoms with Crippen molar-refractivity contribution in [3.63, 3.8) is 0 Å². The Balaban J connectivity index is 2.89. The monoisotopic (exact) mass is 336 g/mol. The van der Waals surface area contributed by atoms with Gasteiger partial charge < -0.3 is 5.11 Å². The molecule has 0 aliphatic heterocycles. The van der Waals surface area contributed by atoms with Gasteiger partial charge in [-0.15, -0.1) is 24.0 Å². The fourth-order valence-corrected chi connectivity index (χ4v) is 3.02. The smallest absolute Gasteiger partial charge is 0.337 e. The number of carbonyl (C=O) groups is 1. The average molecular weight is 336 g/mol. The van der Waals surface area contributed by atoms with E-state index >= 15 is 0 Å². The second kappa shape index (κ2) is 3.71. The molecule has 1 aromatic heterocycles. The molecule has 0 saturated heterocycles. The van der Waals surface area contributed by atoms with Gasteiger partial charge in [0.25, 0.3) is 0 Å². The van der Waals surface area contributed by atoms with E-state index in [1.165, 1.54) is 11.3 Å². The summed E-state index contributed by atoms with van der Waals surface area (Å²) in [5, 5.41) is 11.4. The van der Waals surface area contributed by atoms with Crippen molar-refractivity contribution in [2.75, 3.05) is 0 Å². The highest BCUT2D eigenvalue weighted by molar-refractivity contribution is 14.1. The van der Waals surface area contributed by atoms with Crippen molar-refractivity contribution < 1.29 is 9.90 Å². The van der Waals surface area contributed by atoms with Gasteiger partial charge in [-0.05, 0) is 34.7 Å². The Hall–Kier alpha value is -0.270. The van der Waals surface area contributed by atoms with Gasteiger partial charge in [0.05, 0.1) is 5.56 Å². The number of hydrogen-bond donors (Lipinski definition) is 2. The number of halogens is 1. The van der Waals surface area contributed by atoms with E-state index in [0.29, 0.717) is 5.56 Å². The largest absolute Gasteiger partial charge is 0.478 e. The summed E-state index contributed by atoms with van der Waals surface area (Å²) in [6, 6.07) is 3.86. The van der Waals surface area contributed by atoms with Gasteiger partial charge in [0.15, 0.2) is 0 Å². The summed E-state index contributed by atoms with van der Waals surface area (Å²) in [5.41, 5.74) is 0.341. The Labute approximate surface area is 103 Å². The number of fused-ring (bicyclic) bond motifs is 1. The van der Waals surface area contributed by atoms with E-state index in [-0.39, 0.29) is 0 Å². The predicted molar refractivity (Wildman–Crippen MR) is 68.8 cm³/mol. The number of carboxylic acid groups (broad SMARTS) is 1. The van der Waals surface area contributed by atoms with E-state index in [1.54, 1.807) is 5.38 Å². The molecule has 2 nitrogen and oxygen atoms in total. The van der Waals surface area contributed by atoms with E-state index in [4.69, 9.17) is 5.11 Å². The lowest BCUT2D eigenvalue weighted by Gasteiger charge is -2.00. The summed E-state index contributed by atoms with van der Waals surface area (Å²) >= 11 is 7.91. The molecule has 2 aromatic rings. The summed E-state index contributed by atoms with van der Waals surface area (Å²) in [6.07, 6.45) is 0. The molecule has 72 valence electrons. The molecule has 0 spiro atoms. The van der Waals surface area contributed by atoms with Crippen LogP contribution in [-0.4, -0.2) is 11.1 Å². The number of rotatable bonds is 1. The van der Waals surface area contributed by atoms with Crippen molar-refractivity contribution in [2.45, 2.75) is 4.90 Å². The Morgan fingerprint density at radius 1 is 1.50 bits per heavy atom. The van der Waals surface area contributed by atoms with Crippen LogP contribution in [0.3, 0.4) is 0 Å². The number of benzene rings is 1. The van der Waals surface area contributed by atoms with Crippen molar-refractivity contribution >= 4 is 62.6 Å². The second-order valence-corrected chi connectivity index (χ2v) is 5.24. The molecule has 1 heterocycles. The molecular formula is C9H5IO2S2. The van der Waals surface area contributed by atoms with E-state index < -0.39 is 5.97 Å². The van der Waals surface area contributed by atoms with Gasteiger partial charge in [0.1, 0.15) is 0 Å². The zero-order valence-electron chi connectivity index (χ0n) is 6.82. The summed E-state index contributed by atoms with van der Waals surface area (Å²) in [5.74, 6) is -0.895. The van der Waals surface area contributed by atoms with Crippen LogP contribution >= 0.6 is 46.6 Å². The number of aromatic carboxylic acids is 1. The lowest BCUT2D eigenvalue weighted by molar-refractivity contribution is 0.0699. The van der Waals surface area contributed by atoms with E-state index in [2.05, 4.69) is 35.2 Å². The third kappa shape index (κ3) is 1.53. The van der Waals surface area contributed by atoms with Crippen LogP contribution in [0.25, 0.3) is 10.1 Å². The van der Waals surface area contributed by atoms with Crippen LogP contribution in [0, 0.1) is 3.57 Å². The maximum atomic E-state index is 10.9. The van der Waals surface area contributed by atoms with Gasteiger partial charge in [0, 0.05) is 23.9 Å². The third-order valence-electron chi connectivity index (χ3n) is 1.89. The number of hydrogen-bond acceptors (Lipinski definition) is 3. The Morgan fingerprint density at radius 2 is 2.21 bits per heavy atom. The summed E-state index contributed by atoms with van der Waals surface area (Å²) < 4.78 is 1.94. The van der Waals surface area contributed by atoms with Gasteiger partial charge in [0.2, 0.25) is 0 Å². The van der Waals surface area contributed by atoms with Crippen molar-refractivity contribution in [3.8, 4) is 0 Å². The lowest BCUT2D eigenvalue weighted by Crippen LogP contribution is -1.94. The van der Waals surface area contributed by atoms with Gasteiger partial charge in [-0.25, -0.2) is 4.79 Å². The average Bonchev–Trinajstić information content (AvgIpc) is 2.55. The minimum Gasteiger partial charge on any atom is -0.478 e. The second-order valence-electron chi connectivity index (χ2n) is 2.72. The molecule has 0 bridgehead atoms. The fourth-order valence-electron chi connectivity index (χ4n) is 1.24. The van der Waals surface area contributed by atoms with E-state index in [1.807, 2.05) is 12.1 Å². The summed E-state index contributed by atoms with van der Waals surface area (Å²) in [7, 11) is 0. The molecule has 0 amide bonds. The van der Waals surface area contributed by atoms with Crippen LogP contribution in [-0.2, 0) is 0 Å². The van der Waals surface area contributed by atoms with Crippen molar-refractivity contribution in [2.24, 2.45) is 0 Å². The third-order valence-corrected chi connectivity index (χ3v) is 4.63. The molecule has 0 unspecified atom stereocenters. The van der Waals surface area contributed by atoms with Gasteiger partial charge in [-0.2, -0.15) is 0 Å². The predicted octanol–water partition coefficient (Wildman–Crippen LogP) is 3.49. The van der Waals surface area contributed by atoms with Crippen molar-refractivity contribution in [1.82, 2.24) is 0 Å². The molecule has 2 rings (SSSR count). The molecule has 0 fully saturated rings. The number of carboxylic acids is 1. The van der Waals surface area contributed by atoms with E-state index in [9.17, 15) is 4.79 Å². The highest BCUT2D eigenvalue weighted by atomic mass is 127. The molecule has 5 heteroatoms. The molecule has 0 saturated carbocycles. The van der Waals surface area contributed by atoms with Gasteiger partial charge >= 0.3 is 5.97 Å². The zero-order chi connectivity index (χ0) is 10.3. The van der Waals surface area contributed by atoms with Crippen LogP contribution in [0.2, 0.25) is 0 Å². The van der Waals surface area contributed by atoms with Crippen LogP contribution in [0.15, 0.2) is 22.4 Å². The first kappa shape index (κ1) is 10.3. The highest BCUT2D eigenvalue weighted by Crippen LogP contribution is 2.33. The minimum atomic E-state index is -0.895. The quantitative estimate of drug-likeness (QED) is 0.618. The molecule has 1 N–H and O–H groups in total. The zero-order valence-corrected chi connectivity index (χ0v) is 10.7. The Kier molecular flexibility index (Phi) is 2.72. The first-order valence-electron chi connectivity index (χ1n) is 3.73. The molecule has 0 aliphatic carbocycles. The Bertz CT molecular complexity index is 519. The number of thiophene rings is 1. The van der Waals surface area contributed by atoms with Crippen LogP contribution in [0.4, 0.5) is 0 Å². The standard InChI is InChI=1S/C9H5IO2S2/c10-5-1-2-6-7(8(5)13)4(3-14-6)9(11)12/h1-3,13H,(H,11,12). The first-order valence-corrected chi connectivity index (χ1v) is 6.14. The van der Waals surface area contributed by atoms with Crippen LogP contribution in [0.1, 0.15) is 10.4 Å². The van der Waals surface area contributed by atoms with Gasteiger partial charge in [-0.3, -0.25) is 0 Å². The molecular weight excluding hydrogens is 331 g/mol. The number of thiol groups is 1. The maximum absolute atomic E-state index is 10.9. The summed E-state index contributed by atoms with van der Waals surface area (Å²) in [4.78, 5) is 11.7. The van der Waals surface area contributed by atoms with Crippen molar-refractivity contribution in [3.05, 3.63) is 26.6 Å². The molecule has 0 atom stereocenters. The molecule has 0 aliphatic rings. The highest BCUT2D eigenvalue weighted by Gasteiger charge is 2.14. The van der Waals surface area contributed by atoms with Crippen LogP contribution < -0.4 is 0 Å². The van der Waals surface area contributed by atoms with Gasteiger partial charge in [-0.1, -0.05) is 0 Å². The molecule has 1 aromatic carbocycles.